The maximum absolute atomic E-state index is 12.8. The summed E-state index contributed by atoms with van der Waals surface area (Å²) < 4.78 is 4.62. The van der Waals surface area contributed by atoms with E-state index in [2.05, 4.69) is 30.8 Å². The van der Waals surface area contributed by atoms with Crippen molar-refractivity contribution in [1.82, 2.24) is 10.2 Å². The maximum Gasteiger partial charge on any atom is 0.407 e. The van der Waals surface area contributed by atoms with Crippen molar-refractivity contribution in [1.29, 1.82) is 0 Å². The van der Waals surface area contributed by atoms with Gasteiger partial charge in [0.15, 0.2) is 0 Å². The summed E-state index contributed by atoms with van der Waals surface area (Å²) in [5, 5.41) is 2.66. The number of amides is 2. The smallest absolute Gasteiger partial charge is 0.407 e. The topological polar surface area (TPSA) is 58.6 Å². The molecule has 0 saturated carbocycles. The van der Waals surface area contributed by atoms with Crippen LogP contribution in [0.4, 0.5) is 4.79 Å². The first-order valence-electron chi connectivity index (χ1n) is 7.42. The van der Waals surface area contributed by atoms with E-state index in [0.29, 0.717) is 11.8 Å². The molecule has 2 amide bonds. The highest BCUT2D eigenvalue weighted by Crippen LogP contribution is 2.29. The fourth-order valence-corrected chi connectivity index (χ4v) is 2.85. The fourth-order valence-electron chi connectivity index (χ4n) is 2.85. The standard InChI is InChI=1S/C15H28N2O3/c1-9(2)12-7-11(5)8-17(12)14(18)13(10(3)4)16-15(19)20-6/h9-13H,7-8H2,1-6H3,(H,16,19)/t11?,12?,13-/m0/s1. The summed E-state index contributed by atoms with van der Waals surface area (Å²) in [6.45, 7) is 11.1. The first-order valence-corrected chi connectivity index (χ1v) is 7.42. The second kappa shape index (κ2) is 6.95. The van der Waals surface area contributed by atoms with Gasteiger partial charge in [-0.3, -0.25) is 4.79 Å². The zero-order chi connectivity index (χ0) is 15.4. The molecule has 1 rings (SSSR count). The van der Waals surface area contributed by atoms with E-state index in [4.69, 9.17) is 0 Å². The molecule has 0 aromatic rings. The summed E-state index contributed by atoms with van der Waals surface area (Å²) in [6, 6.07) is -0.257. The quantitative estimate of drug-likeness (QED) is 0.861. The monoisotopic (exact) mass is 284 g/mol. The molecule has 20 heavy (non-hydrogen) atoms. The minimum Gasteiger partial charge on any atom is -0.453 e. The van der Waals surface area contributed by atoms with Gasteiger partial charge in [-0.15, -0.1) is 0 Å². The molecule has 3 atom stereocenters. The molecule has 1 fully saturated rings. The van der Waals surface area contributed by atoms with Crippen molar-refractivity contribution in [3.63, 3.8) is 0 Å². The Morgan fingerprint density at radius 2 is 1.85 bits per heavy atom. The molecular weight excluding hydrogens is 256 g/mol. The van der Waals surface area contributed by atoms with Crippen LogP contribution in [0, 0.1) is 17.8 Å². The van der Waals surface area contributed by atoms with E-state index in [0.717, 1.165) is 13.0 Å². The molecule has 116 valence electrons. The third-order valence-corrected chi connectivity index (χ3v) is 4.00. The van der Waals surface area contributed by atoms with Crippen molar-refractivity contribution >= 4 is 12.0 Å². The first-order chi connectivity index (χ1) is 9.27. The molecule has 1 saturated heterocycles. The van der Waals surface area contributed by atoms with Crippen molar-refractivity contribution in [2.24, 2.45) is 17.8 Å². The predicted molar refractivity (Wildman–Crippen MR) is 78.3 cm³/mol. The number of hydrogen-bond acceptors (Lipinski definition) is 3. The van der Waals surface area contributed by atoms with Gasteiger partial charge in [-0.1, -0.05) is 34.6 Å². The first kappa shape index (κ1) is 16.8. The molecule has 5 nitrogen and oxygen atoms in total. The summed E-state index contributed by atoms with van der Waals surface area (Å²) in [4.78, 5) is 26.1. The Morgan fingerprint density at radius 3 is 2.30 bits per heavy atom. The normalized spacial score (nSPS) is 24.1. The summed E-state index contributed by atoms with van der Waals surface area (Å²) >= 11 is 0. The number of likely N-dealkylation sites (tertiary alicyclic amines) is 1. The Kier molecular flexibility index (Phi) is 5.84. The number of carbonyl (C=O) groups is 2. The van der Waals surface area contributed by atoms with Crippen molar-refractivity contribution in [2.75, 3.05) is 13.7 Å². The molecule has 0 aromatic heterocycles. The summed E-state index contributed by atoms with van der Waals surface area (Å²) in [5.41, 5.74) is 0. The van der Waals surface area contributed by atoms with Gasteiger partial charge in [-0.25, -0.2) is 4.79 Å². The van der Waals surface area contributed by atoms with Crippen LogP contribution in [0.15, 0.2) is 0 Å². The van der Waals surface area contributed by atoms with E-state index < -0.39 is 12.1 Å². The molecule has 0 aromatic carbocycles. The van der Waals surface area contributed by atoms with Gasteiger partial charge in [0.1, 0.15) is 6.04 Å². The molecule has 0 aliphatic carbocycles. The fraction of sp³-hybridized carbons (Fsp3) is 0.867. The molecule has 5 heteroatoms. The molecule has 0 spiro atoms. The minimum atomic E-state index is -0.551. The number of nitrogens with zero attached hydrogens (tertiary/aromatic N) is 1. The van der Waals surface area contributed by atoms with Crippen molar-refractivity contribution in [3.05, 3.63) is 0 Å². The Hall–Kier alpha value is -1.26. The van der Waals surface area contributed by atoms with Crippen LogP contribution in [-0.4, -0.2) is 42.6 Å². The molecule has 0 bridgehead atoms. The van der Waals surface area contributed by atoms with Gasteiger partial charge < -0.3 is 15.0 Å². The molecule has 1 heterocycles. The number of rotatable bonds is 4. The third kappa shape index (κ3) is 3.87. The lowest BCUT2D eigenvalue weighted by Crippen LogP contribution is -2.53. The van der Waals surface area contributed by atoms with E-state index in [1.54, 1.807) is 0 Å². The van der Waals surface area contributed by atoms with Gasteiger partial charge >= 0.3 is 6.09 Å². The van der Waals surface area contributed by atoms with Gasteiger partial charge in [0.25, 0.3) is 0 Å². The zero-order valence-electron chi connectivity index (χ0n) is 13.5. The molecule has 0 radical (unpaired) electrons. The molecular formula is C15H28N2O3. The van der Waals surface area contributed by atoms with E-state index >= 15 is 0 Å². The Morgan fingerprint density at radius 1 is 1.25 bits per heavy atom. The number of methoxy groups -OCH3 is 1. The van der Waals surface area contributed by atoms with Crippen molar-refractivity contribution in [3.8, 4) is 0 Å². The van der Waals surface area contributed by atoms with E-state index in [1.807, 2.05) is 18.7 Å². The summed E-state index contributed by atoms with van der Waals surface area (Å²) in [5.74, 6) is 0.978. The Balaban J connectivity index is 2.85. The van der Waals surface area contributed by atoms with Crippen LogP contribution >= 0.6 is 0 Å². The van der Waals surface area contributed by atoms with Gasteiger partial charge in [0, 0.05) is 12.6 Å². The number of ether oxygens (including phenoxy) is 1. The Bertz CT molecular complexity index is 355. The van der Waals surface area contributed by atoms with Crippen LogP contribution in [0.25, 0.3) is 0 Å². The molecule has 2 unspecified atom stereocenters. The van der Waals surface area contributed by atoms with Crippen LogP contribution in [0.3, 0.4) is 0 Å². The van der Waals surface area contributed by atoms with Crippen LogP contribution < -0.4 is 5.32 Å². The SMILES string of the molecule is COC(=O)N[C@H](C(=O)N1CC(C)CC1C(C)C)C(C)C. The second-order valence-corrected chi connectivity index (χ2v) is 6.50. The largest absolute Gasteiger partial charge is 0.453 e. The average molecular weight is 284 g/mol. The maximum atomic E-state index is 12.8. The molecule has 1 aliphatic heterocycles. The summed E-state index contributed by atoms with van der Waals surface area (Å²) in [6.07, 6.45) is 0.484. The highest BCUT2D eigenvalue weighted by molar-refractivity contribution is 5.86. The summed E-state index contributed by atoms with van der Waals surface area (Å²) in [7, 11) is 1.31. The number of hydrogen-bond donors (Lipinski definition) is 1. The van der Waals surface area contributed by atoms with Crippen molar-refractivity contribution in [2.45, 2.75) is 53.1 Å². The lowest BCUT2D eigenvalue weighted by molar-refractivity contribution is -0.136. The minimum absolute atomic E-state index is 0.00782. The third-order valence-electron chi connectivity index (χ3n) is 4.00. The van der Waals surface area contributed by atoms with Crippen LogP contribution in [-0.2, 0) is 9.53 Å². The van der Waals surface area contributed by atoms with E-state index in [-0.39, 0.29) is 17.9 Å². The predicted octanol–water partition coefficient (Wildman–Crippen LogP) is 2.26. The van der Waals surface area contributed by atoms with Gasteiger partial charge in [-0.05, 0) is 24.2 Å². The zero-order valence-corrected chi connectivity index (χ0v) is 13.5. The Labute approximate surface area is 122 Å². The van der Waals surface area contributed by atoms with E-state index in [9.17, 15) is 9.59 Å². The van der Waals surface area contributed by atoms with Crippen LogP contribution in [0.5, 0.6) is 0 Å². The number of carbonyl (C=O) groups excluding carboxylic acids is 2. The van der Waals surface area contributed by atoms with Crippen molar-refractivity contribution < 1.29 is 14.3 Å². The highest BCUT2D eigenvalue weighted by atomic mass is 16.5. The second-order valence-electron chi connectivity index (χ2n) is 6.50. The number of alkyl carbamates (subject to hydrolysis) is 1. The number of nitrogens with one attached hydrogen (secondary N) is 1. The molecule has 1 N–H and O–H groups in total. The highest BCUT2D eigenvalue weighted by Gasteiger charge is 2.39. The lowest BCUT2D eigenvalue weighted by atomic mass is 9.97. The van der Waals surface area contributed by atoms with E-state index in [1.165, 1.54) is 7.11 Å². The van der Waals surface area contributed by atoms with Gasteiger partial charge in [0.05, 0.1) is 7.11 Å². The average Bonchev–Trinajstić information content (AvgIpc) is 2.76. The van der Waals surface area contributed by atoms with Crippen LogP contribution in [0.1, 0.15) is 41.0 Å². The molecule has 1 aliphatic rings. The van der Waals surface area contributed by atoms with Gasteiger partial charge in [-0.2, -0.15) is 0 Å². The lowest BCUT2D eigenvalue weighted by Gasteiger charge is -2.32. The van der Waals surface area contributed by atoms with Crippen LogP contribution in [0.2, 0.25) is 0 Å². The van der Waals surface area contributed by atoms with Gasteiger partial charge in [0.2, 0.25) is 5.91 Å².